The molecule has 0 radical (unpaired) electrons. The van der Waals surface area contributed by atoms with Crippen LogP contribution >= 0.6 is 0 Å². The summed E-state index contributed by atoms with van der Waals surface area (Å²) in [5.74, 6) is -0.477. The molecule has 170 valence electrons. The highest BCUT2D eigenvalue weighted by molar-refractivity contribution is 5.82. The van der Waals surface area contributed by atoms with Gasteiger partial charge in [-0.05, 0) is 25.3 Å². The van der Waals surface area contributed by atoms with Crippen molar-refractivity contribution in [3.8, 4) is 0 Å². The number of nitrogens with zero attached hydrogens (tertiary/aromatic N) is 5. The Balaban J connectivity index is 1.37. The van der Waals surface area contributed by atoms with Crippen molar-refractivity contribution in [1.82, 2.24) is 24.3 Å². The molecule has 3 fully saturated rings. The Kier molecular flexibility index (Phi) is 6.12. The van der Waals surface area contributed by atoms with Gasteiger partial charge < -0.3 is 35.4 Å². The average molecular weight is 436 g/mol. The lowest BCUT2D eigenvalue weighted by molar-refractivity contribution is -0.150. The molecule has 1 aromatic rings. The Bertz CT molecular complexity index is 879. The van der Waals surface area contributed by atoms with Crippen LogP contribution in [0, 0.1) is 0 Å². The number of amides is 3. The first-order chi connectivity index (χ1) is 14.9. The van der Waals surface area contributed by atoms with Crippen LogP contribution in [-0.4, -0.2) is 104 Å². The summed E-state index contributed by atoms with van der Waals surface area (Å²) < 4.78 is 6.57. The molecular weight excluding hydrogens is 408 g/mol. The number of carbonyl (C=O) groups excluding carboxylic acids is 2. The lowest BCUT2D eigenvalue weighted by atomic mass is 10.1. The van der Waals surface area contributed by atoms with E-state index in [1.807, 2.05) is 4.90 Å². The number of urea groups is 1. The first kappa shape index (κ1) is 21.5. The molecule has 0 saturated carbocycles. The predicted octanol–water partition coefficient (Wildman–Crippen LogP) is -1.81. The van der Waals surface area contributed by atoms with Crippen LogP contribution in [0.1, 0.15) is 25.5 Å². The summed E-state index contributed by atoms with van der Waals surface area (Å²) in [5.41, 5.74) is 4.72. The van der Waals surface area contributed by atoms with Crippen LogP contribution in [0.3, 0.4) is 0 Å². The fourth-order valence-electron chi connectivity index (χ4n) is 4.30. The van der Waals surface area contributed by atoms with Crippen LogP contribution in [0.5, 0.6) is 0 Å². The molecule has 0 aromatic carbocycles. The standard InChI is InChI=1S/C19H28N6O6/c20-12-4-7-25(18(29)21-12)17-14(27)13(26)15(31-17)16(28)22-8-10-24(11-9-22)19(30)23-5-2-1-3-6-23/h4,7,13-15,17,26-27H,1-3,5-6,8-11H2,(H2,20,21,29)/t13-,14+,15-,17+/m0/s1. The van der Waals surface area contributed by atoms with E-state index in [0.29, 0.717) is 26.2 Å². The number of nitrogen functional groups attached to an aromatic ring is 1. The van der Waals surface area contributed by atoms with Crippen molar-refractivity contribution in [2.75, 3.05) is 45.0 Å². The lowest BCUT2D eigenvalue weighted by Gasteiger charge is -2.39. The molecule has 3 aliphatic heterocycles. The van der Waals surface area contributed by atoms with Crippen molar-refractivity contribution < 1.29 is 24.5 Å². The van der Waals surface area contributed by atoms with E-state index in [1.54, 1.807) is 4.90 Å². The zero-order chi connectivity index (χ0) is 22.1. The number of likely N-dealkylation sites (tertiary alicyclic amines) is 1. The molecule has 4 heterocycles. The van der Waals surface area contributed by atoms with Crippen molar-refractivity contribution in [1.29, 1.82) is 0 Å². The van der Waals surface area contributed by atoms with E-state index in [4.69, 9.17) is 10.5 Å². The maximum Gasteiger partial charge on any atom is 0.351 e. The molecule has 3 aliphatic rings. The normalized spacial score (nSPS) is 29.3. The lowest BCUT2D eigenvalue weighted by Crippen LogP contribution is -2.57. The van der Waals surface area contributed by atoms with Gasteiger partial charge in [0.1, 0.15) is 18.0 Å². The molecule has 0 unspecified atom stereocenters. The summed E-state index contributed by atoms with van der Waals surface area (Å²) in [6.07, 6.45) is -1.12. The first-order valence-corrected chi connectivity index (χ1v) is 10.6. The summed E-state index contributed by atoms with van der Waals surface area (Å²) in [6.45, 7) is 2.90. The molecular formula is C19H28N6O6. The molecule has 12 heteroatoms. The smallest absolute Gasteiger partial charge is 0.351 e. The van der Waals surface area contributed by atoms with E-state index in [2.05, 4.69) is 4.98 Å². The van der Waals surface area contributed by atoms with Gasteiger partial charge in [-0.15, -0.1) is 0 Å². The van der Waals surface area contributed by atoms with Crippen molar-refractivity contribution in [3.63, 3.8) is 0 Å². The Hall–Kier alpha value is -2.70. The van der Waals surface area contributed by atoms with Crippen molar-refractivity contribution in [2.45, 2.75) is 43.8 Å². The number of ether oxygens (including phenoxy) is 1. The van der Waals surface area contributed by atoms with Gasteiger partial charge in [-0.1, -0.05) is 0 Å². The molecule has 0 spiro atoms. The Labute approximate surface area is 178 Å². The monoisotopic (exact) mass is 436 g/mol. The third-order valence-electron chi connectivity index (χ3n) is 6.10. The van der Waals surface area contributed by atoms with E-state index >= 15 is 0 Å². The zero-order valence-corrected chi connectivity index (χ0v) is 17.2. The Morgan fingerprint density at radius 1 is 0.968 bits per heavy atom. The second-order valence-electron chi connectivity index (χ2n) is 8.11. The number of nitrogens with two attached hydrogens (primary N) is 1. The van der Waals surface area contributed by atoms with Gasteiger partial charge in [-0.3, -0.25) is 9.36 Å². The van der Waals surface area contributed by atoms with Crippen LogP contribution in [0.4, 0.5) is 10.6 Å². The number of hydrogen-bond donors (Lipinski definition) is 3. The number of rotatable bonds is 2. The minimum Gasteiger partial charge on any atom is -0.387 e. The van der Waals surface area contributed by atoms with Gasteiger partial charge in [0.15, 0.2) is 12.3 Å². The Morgan fingerprint density at radius 2 is 1.58 bits per heavy atom. The fraction of sp³-hybridized carbons (Fsp3) is 0.684. The fourth-order valence-corrected chi connectivity index (χ4v) is 4.30. The summed E-state index contributed by atoms with van der Waals surface area (Å²) in [6, 6.07) is 1.35. The molecule has 4 atom stereocenters. The van der Waals surface area contributed by atoms with E-state index in [1.165, 1.54) is 17.2 Å². The van der Waals surface area contributed by atoms with E-state index in [-0.39, 0.29) is 11.8 Å². The van der Waals surface area contributed by atoms with Crippen LogP contribution in [-0.2, 0) is 9.53 Å². The van der Waals surface area contributed by atoms with Crippen LogP contribution in [0.15, 0.2) is 17.1 Å². The number of anilines is 1. The number of aromatic nitrogens is 2. The van der Waals surface area contributed by atoms with Crippen molar-refractivity contribution in [3.05, 3.63) is 22.7 Å². The first-order valence-electron chi connectivity index (χ1n) is 10.6. The number of hydrogen-bond acceptors (Lipinski definition) is 8. The highest BCUT2D eigenvalue weighted by Gasteiger charge is 2.49. The maximum absolute atomic E-state index is 12.9. The number of piperazine rings is 1. The zero-order valence-electron chi connectivity index (χ0n) is 17.2. The van der Waals surface area contributed by atoms with Gasteiger partial charge in [0.05, 0.1) is 0 Å². The third-order valence-corrected chi connectivity index (χ3v) is 6.10. The van der Waals surface area contributed by atoms with E-state index in [0.717, 1.165) is 36.9 Å². The van der Waals surface area contributed by atoms with Crippen LogP contribution in [0.2, 0.25) is 0 Å². The second kappa shape index (κ2) is 8.81. The molecule has 0 aliphatic carbocycles. The Morgan fingerprint density at radius 3 is 2.23 bits per heavy atom. The topological polar surface area (TPSA) is 154 Å². The minimum atomic E-state index is -1.50. The molecule has 3 amide bonds. The highest BCUT2D eigenvalue weighted by atomic mass is 16.6. The molecule has 3 saturated heterocycles. The number of aliphatic hydroxyl groups is 2. The second-order valence-corrected chi connectivity index (χ2v) is 8.11. The summed E-state index contributed by atoms with van der Waals surface area (Å²) in [7, 11) is 0. The van der Waals surface area contributed by atoms with Crippen molar-refractivity contribution in [2.24, 2.45) is 0 Å². The number of aliphatic hydroxyl groups excluding tert-OH is 2. The van der Waals surface area contributed by atoms with Crippen LogP contribution < -0.4 is 11.4 Å². The number of carbonyl (C=O) groups is 2. The summed E-state index contributed by atoms with van der Waals surface area (Å²) in [4.78, 5) is 46.3. The average Bonchev–Trinajstić information content (AvgIpc) is 3.08. The summed E-state index contributed by atoms with van der Waals surface area (Å²) in [5, 5.41) is 20.8. The minimum absolute atomic E-state index is 0.00494. The molecule has 31 heavy (non-hydrogen) atoms. The van der Waals surface area contributed by atoms with E-state index in [9.17, 15) is 24.6 Å². The quantitative estimate of drug-likeness (QED) is 0.490. The van der Waals surface area contributed by atoms with Crippen LogP contribution in [0.25, 0.3) is 0 Å². The van der Waals surface area contributed by atoms with Gasteiger partial charge in [0.2, 0.25) is 0 Å². The van der Waals surface area contributed by atoms with Gasteiger partial charge in [0.25, 0.3) is 5.91 Å². The largest absolute Gasteiger partial charge is 0.387 e. The van der Waals surface area contributed by atoms with Crippen molar-refractivity contribution >= 4 is 17.8 Å². The highest BCUT2D eigenvalue weighted by Crippen LogP contribution is 2.30. The SMILES string of the molecule is Nc1ccn([C@@H]2O[C@H](C(=O)N3CCN(C(=O)N4CCCCC4)CC3)[C@@H](O)[C@H]2O)c(=O)n1. The molecule has 4 N–H and O–H groups in total. The van der Waals surface area contributed by atoms with Gasteiger partial charge in [-0.25, -0.2) is 9.59 Å². The summed E-state index contributed by atoms with van der Waals surface area (Å²) >= 11 is 0. The molecule has 4 rings (SSSR count). The van der Waals surface area contributed by atoms with E-state index < -0.39 is 36.1 Å². The predicted molar refractivity (Wildman–Crippen MR) is 108 cm³/mol. The van der Waals surface area contributed by atoms with Gasteiger partial charge in [0, 0.05) is 45.5 Å². The molecule has 12 nitrogen and oxygen atoms in total. The third kappa shape index (κ3) is 4.23. The molecule has 0 bridgehead atoms. The molecule has 1 aromatic heterocycles. The van der Waals surface area contributed by atoms with Gasteiger partial charge in [-0.2, -0.15) is 4.98 Å². The van der Waals surface area contributed by atoms with Gasteiger partial charge >= 0.3 is 11.7 Å². The number of piperidine rings is 1. The maximum atomic E-state index is 12.9.